The van der Waals surface area contributed by atoms with E-state index >= 15 is 0 Å². The SMILES string of the molecule is CCC1CCC(Nc2cc(Br)c(F)cc2N)CC1. The number of halogens is 2. The molecule has 1 aliphatic carbocycles. The number of anilines is 2. The van der Waals surface area contributed by atoms with Crippen LogP contribution in [0.15, 0.2) is 16.6 Å². The van der Waals surface area contributed by atoms with Crippen molar-refractivity contribution in [2.75, 3.05) is 11.1 Å². The molecule has 1 aromatic rings. The van der Waals surface area contributed by atoms with Crippen molar-refractivity contribution < 1.29 is 4.39 Å². The van der Waals surface area contributed by atoms with Gasteiger partial charge in [0.05, 0.1) is 15.8 Å². The molecule has 0 spiro atoms. The molecule has 2 rings (SSSR count). The molecular formula is C14H20BrFN2. The first-order valence-electron chi connectivity index (χ1n) is 6.61. The molecule has 0 radical (unpaired) electrons. The summed E-state index contributed by atoms with van der Waals surface area (Å²) in [6.07, 6.45) is 6.17. The monoisotopic (exact) mass is 314 g/mol. The highest BCUT2D eigenvalue weighted by Crippen LogP contribution is 2.32. The quantitative estimate of drug-likeness (QED) is 0.803. The highest BCUT2D eigenvalue weighted by molar-refractivity contribution is 9.10. The van der Waals surface area contributed by atoms with Gasteiger partial charge in [-0.3, -0.25) is 0 Å². The molecule has 0 atom stereocenters. The van der Waals surface area contributed by atoms with Crippen LogP contribution in [-0.2, 0) is 0 Å². The molecule has 1 saturated carbocycles. The van der Waals surface area contributed by atoms with E-state index in [9.17, 15) is 4.39 Å². The minimum absolute atomic E-state index is 0.312. The fourth-order valence-electron chi connectivity index (χ4n) is 2.62. The first kappa shape index (κ1) is 13.7. The van der Waals surface area contributed by atoms with Crippen LogP contribution in [0, 0.1) is 11.7 Å². The van der Waals surface area contributed by atoms with E-state index in [0.717, 1.165) is 11.6 Å². The Morgan fingerprint density at radius 1 is 1.33 bits per heavy atom. The second-order valence-corrected chi connectivity index (χ2v) is 5.98. The van der Waals surface area contributed by atoms with Gasteiger partial charge in [0, 0.05) is 12.1 Å². The van der Waals surface area contributed by atoms with E-state index in [-0.39, 0.29) is 5.82 Å². The van der Waals surface area contributed by atoms with Crippen LogP contribution in [0.5, 0.6) is 0 Å². The Balaban J connectivity index is 2.00. The molecule has 0 amide bonds. The third-order valence-electron chi connectivity index (χ3n) is 3.88. The van der Waals surface area contributed by atoms with Gasteiger partial charge in [0.1, 0.15) is 5.82 Å². The number of nitrogens with two attached hydrogens (primary N) is 1. The van der Waals surface area contributed by atoms with Crippen molar-refractivity contribution in [2.45, 2.75) is 45.1 Å². The van der Waals surface area contributed by atoms with Gasteiger partial charge < -0.3 is 11.1 Å². The van der Waals surface area contributed by atoms with E-state index in [0.29, 0.717) is 16.2 Å². The molecule has 0 saturated heterocycles. The summed E-state index contributed by atoms with van der Waals surface area (Å²) in [5.41, 5.74) is 7.15. The molecule has 0 unspecified atom stereocenters. The molecule has 100 valence electrons. The van der Waals surface area contributed by atoms with Gasteiger partial charge in [0.2, 0.25) is 0 Å². The Morgan fingerprint density at radius 3 is 2.61 bits per heavy atom. The van der Waals surface area contributed by atoms with E-state index < -0.39 is 0 Å². The summed E-state index contributed by atoms with van der Waals surface area (Å²) >= 11 is 3.20. The molecule has 1 aliphatic rings. The van der Waals surface area contributed by atoms with E-state index in [1.807, 2.05) is 0 Å². The Kier molecular flexibility index (Phi) is 4.49. The summed E-state index contributed by atoms with van der Waals surface area (Å²) in [4.78, 5) is 0. The Morgan fingerprint density at radius 2 is 2.00 bits per heavy atom. The number of nitrogen functional groups attached to an aromatic ring is 1. The van der Waals surface area contributed by atoms with E-state index in [1.54, 1.807) is 6.07 Å². The van der Waals surface area contributed by atoms with Crippen LogP contribution >= 0.6 is 15.9 Å². The molecular weight excluding hydrogens is 295 g/mol. The van der Waals surface area contributed by atoms with Crippen LogP contribution < -0.4 is 11.1 Å². The smallest absolute Gasteiger partial charge is 0.139 e. The average molecular weight is 315 g/mol. The lowest BCUT2D eigenvalue weighted by molar-refractivity contribution is 0.330. The lowest BCUT2D eigenvalue weighted by Crippen LogP contribution is -2.26. The van der Waals surface area contributed by atoms with Crippen LogP contribution in [0.1, 0.15) is 39.0 Å². The van der Waals surface area contributed by atoms with Crippen molar-refractivity contribution in [3.05, 3.63) is 22.4 Å². The van der Waals surface area contributed by atoms with Gasteiger partial charge in [-0.25, -0.2) is 4.39 Å². The van der Waals surface area contributed by atoms with E-state index in [2.05, 4.69) is 28.2 Å². The second-order valence-electron chi connectivity index (χ2n) is 5.12. The van der Waals surface area contributed by atoms with Gasteiger partial charge in [0.25, 0.3) is 0 Å². The summed E-state index contributed by atoms with van der Waals surface area (Å²) in [5, 5.41) is 3.44. The number of benzene rings is 1. The standard InChI is InChI=1S/C14H20BrFN2/c1-2-9-3-5-10(6-4-9)18-14-7-11(15)12(16)8-13(14)17/h7-10,18H,2-6,17H2,1H3. The summed E-state index contributed by atoms with van der Waals surface area (Å²) in [7, 11) is 0. The van der Waals surface area contributed by atoms with E-state index in [1.165, 1.54) is 38.2 Å². The van der Waals surface area contributed by atoms with Crippen LogP contribution in [-0.4, -0.2) is 6.04 Å². The fourth-order valence-corrected chi connectivity index (χ4v) is 2.97. The summed E-state index contributed by atoms with van der Waals surface area (Å²) < 4.78 is 13.7. The number of rotatable bonds is 3. The van der Waals surface area contributed by atoms with Crippen molar-refractivity contribution in [3.8, 4) is 0 Å². The van der Waals surface area contributed by atoms with Gasteiger partial charge in [-0.05, 0) is 53.6 Å². The minimum Gasteiger partial charge on any atom is -0.397 e. The average Bonchev–Trinajstić information content (AvgIpc) is 2.37. The van der Waals surface area contributed by atoms with Gasteiger partial charge in [-0.2, -0.15) is 0 Å². The molecule has 0 aromatic heterocycles. The Bertz CT molecular complexity index is 415. The molecule has 4 heteroatoms. The molecule has 0 aliphatic heterocycles. The number of hydrogen-bond acceptors (Lipinski definition) is 2. The van der Waals surface area contributed by atoms with Crippen molar-refractivity contribution in [2.24, 2.45) is 5.92 Å². The fraction of sp³-hybridized carbons (Fsp3) is 0.571. The van der Waals surface area contributed by atoms with Gasteiger partial charge >= 0.3 is 0 Å². The van der Waals surface area contributed by atoms with Crippen molar-refractivity contribution in [1.29, 1.82) is 0 Å². The highest BCUT2D eigenvalue weighted by atomic mass is 79.9. The number of hydrogen-bond donors (Lipinski definition) is 2. The molecule has 0 heterocycles. The Hall–Kier alpha value is -0.770. The van der Waals surface area contributed by atoms with Crippen LogP contribution in [0.4, 0.5) is 15.8 Å². The summed E-state index contributed by atoms with van der Waals surface area (Å²) in [6.45, 7) is 2.26. The largest absolute Gasteiger partial charge is 0.397 e. The molecule has 3 N–H and O–H groups in total. The zero-order chi connectivity index (χ0) is 13.1. The van der Waals surface area contributed by atoms with Gasteiger partial charge in [0.15, 0.2) is 0 Å². The number of nitrogens with one attached hydrogen (secondary N) is 1. The second kappa shape index (κ2) is 5.91. The maximum atomic E-state index is 13.3. The molecule has 1 fully saturated rings. The summed E-state index contributed by atoms with van der Waals surface area (Å²) in [5.74, 6) is 0.563. The topological polar surface area (TPSA) is 38.0 Å². The van der Waals surface area contributed by atoms with Crippen LogP contribution in [0.25, 0.3) is 0 Å². The van der Waals surface area contributed by atoms with Gasteiger partial charge in [-0.1, -0.05) is 13.3 Å². The molecule has 1 aromatic carbocycles. The summed E-state index contributed by atoms with van der Waals surface area (Å²) in [6, 6.07) is 3.56. The van der Waals surface area contributed by atoms with Crippen molar-refractivity contribution in [1.82, 2.24) is 0 Å². The highest BCUT2D eigenvalue weighted by Gasteiger charge is 2.20. The lowest BCUT2D eigenvalue weighted by Gasteiger charge is -2.29. The molecule has 0 bridgehead atoms. The minimum atomic E-state index is -0.312. The third kappa shape index (κ3) is 3.16. The predicted molar refractivity (Wildman–Crippen MR) is 78.2 cm³/mol. The Labute approximate surface area is 116 Å². The van der Waals surface area contributed by atoms with Gasteiger partial charge in [-0.15, -0.1) is 0 Å². The lowest BCUT2D eigenvalue weighted by atomic mass is 9.84. The van der Waals surface area contributed by atoms with Crippen LogP contribution in [0.2, 0.25) is 0 Å². The van der Waals surface area contributed by atoms with Crippen molar-refractivity contribution >= 4 is 27.3 Å². The normalized spacial score (nSPS) is 23.9. The van der Waals surface area contributed by atoms with Crippen LogP contribution in [0.3, 0.4) is 0 Å². The van der Waals surface area contributed by atoms with Crippen molar-refractivity contribution in [3.63, 3.8) is 0 Å². The molecule has 18 heavy (non-hydrogen) atoms. The third-order valence-corrected chi connectivity index (χ3v) is 4.48. The molecule has 2 nitrogen and oxygen atoms in total. The van der Waals surface area contributed by atoms with E-state index in [4.69, 9.17) is 5.73 Å². The zero-order valence-electron chi connectivity index (χ0n) is 10.7. The zero-order valence-corrected chi connectivity index (χ0v) is 12.3. The first-order chi connectivity index (χ1) is 8.60. The maximum absolute atomic E-state index is 13.3. The first-order valence-corrected chi connectivity index (χ1v) is 7.40. The predicted octanol–water partition coefficient (Wildman–Crippen LogP) is 4.55. The maximum Gasteiger partial charge on any atom is 0.139 e.